The summed E-state index contributed by atoms with van der Waals surface area (Å²) in [5.41, 5.74) is 1.84. The van der Waals surface area contributed by atoms with Gasteiger partial charge in [-0.05, 0) is 78.2 Å². The van der Waals surface area contributed by atoms with Gasteiger partial charge < -0.3 is 19.7 Å². The summed E-state index contributed by atoms with van der Waals surface area (Å²) in [5, 5.41) is 2.96. The number of benzene rings is 5. The van der Waals surface area contributed by atoms with Gasteiger partial charge in [-0.2, -0.15) is 0 Å². The van der Waals surface area contributed by atoms with Gasteiger partial charge in [0, 0.05) is 19.5 Å². The van der Waals surface area contributed by atoms with Crippen molar-refractivity contribution in [2.75, 3.05) is 24.5 Å². The molecule has 10 heteroatoms. The second-order valence-corrected chi connectivity index (χ2v) is 13.5. The molecular formula is C40H41N3O6S. The number of methoxy groups -OCH3 is 1. The highest BCUT2D eigenvalue weighted by atomic mass is 32.2. The molecule has 0 radical (unpaired) electrons. The summed E-state index contributed by atoms with van der Waals surface area (Å²) >= 11 is 0. The van der Waals surface area contributed by atoms with Crippen molar-refractivity contribution in [1.29, 1.82) is 0 Å². The normalized spacial score (nSPS) is 11.6. The highest BCUT2D eigenvalue weighted by Gasteiger charge is 2.34. The Kier molecular flexibility index (Phi) is 12.3. The van der Waals surface area contributed by atoms with Gasteiger partial charge in [0.15, 0.2) is 0 Å². The van der Waals surface area contributed by atoms with Gasteiger partial charge in [0.1, 0.15) is 29.8 Å². The number of hydrogen-bond acceptors (Lipinski definition) is 6. The number of nitrogens with one attached hydrogen (secondary N) is 1. The van der Waals surface area contributed by atoms with Gasteiger partial charge in [-0.1, -0.05) is 85.8 Å². The van der Waals surface area contributed by atoms with Gasteiger partial charge >= 0.3 is 0 Å². The molecule has 5 aromatic rings. The Morgan fingerprint density at radius 2 is 1.30 bits per heavy atom. The lowest BCUT2D eigenvalue weighted by atomic mass is 10.0. The fraction of sp³-hybridized carbons (Fsp3) is 0.200. The molecule has 0 saturated carbocycles. The molecule has 9 nitrogen and oxygen atoms in total. The van der Waals surface area contributed by atoms with Crippen LogP contribution in [0, 0.1) is 0 Å². The molecular weight excluding hydrogens is 651 g/mol. The molecule has 0 aliphatic carbocycles. The lowest BCUT2D eigenvalue weighted by molar-refractivity contribution is -0.140. The second-order valence-electron chi connectivity index (χ2n) is 11.6. The van der Waals surface area contributed by atoms with Crippen molar-refractivity contribution < 1.29 is 27.5 Å². The molecule has 258 valence electrons. The molecule has 0 aliphatic heterocycles. The van der Waals surface area contributed by atoms with Crippen molar-refractivity contribution in [3.05, 3.63) is 151 Å². The van der Waals surface area contributed by atoms with E-state index < -0.39 is 28.5 Å². The number of amides is 2. The molecule has 5 aromatic carbocycles. The van der Waals surface area contributed by atoms with Crippen molar-refractivity contribution in [3.8, 4) is 17.2 Å². The Balaban J connectivity index is 1.55. The number of sulfonamides is 1. The van der Waals surface area contributed by atoms with Crippen molar-refractivity contribution in [1.82, 2.24) is 10.2 Å². The molecule has 0 saturated heterocycles. The Labute approximate surface area is 294 Å². The zero-order valence-corrected chi connectivity index (χ0v) is 29.0. The minimum absolute atomic E-state index is 0.0262. The number of carbonyl (C=O) groups excluding carboxylic acids is 2. The van der Waals surface area contributed by atoms with E-state index in [0.29, 0.717) is 30.2 Å². The van der Waals surface area contributed by atoms with Crippen molar-refractivity contribution in [3.63, 3.8) is 0 Å². The van der Waals surface area contributed by atoms with Crippen LogP contribution in [0.2, 0.25) is 0 Å². The molecule has 0 spiro atoms. The Morgan fingerprint density at radius 1 is 0.720 bits per heavy atom. The average molecular weight is 692 g/mol. The number of nitrogens with zero attached hydrogens (tertiary/aromatic N) is 2. The smallest absolute Gasteiger partial charge is 0.264 e. The molecule has 0 fully saturated rings. The molecule has 1 unspecified atom stereocenters. The van der Waals surface area contributed by atoms with E-state index in [1.54, 1.807) is 61.7 Å². The summed E-state index contributed by atoms with van der Waals surface area (Å²) in [6.45, 7) is 1.86. The predicted octanol–water partition coefficient (Wildman–Crippen LogP) is 6.85. The highest BCUT2D eigenvalue weighted by Crippen LogP contribution is 2.29. The third-order valence-electron chi connectivity index (χ3n) is 8.02. The standard InChI is InChI=1S/C40H41N3O6S/c1-3-26-41-40(45)38(28-31-14-7-4-8-15-31)42(29-32-16-13-19-36(27-32)48-2)39(44)30-43(50(46,47)37-20-11-6-12-21-37)33-22-24-35(25-23-33)49-34-17-9-5-10-18-34/h4-25,27,38H,3,26,28-30H2,1-2H3,(H,41,45). The molecule has 0 aromatic heterocycles. The van der Waals surface area contributed by atoms with Crippen LogP contribution < -0.4 is 19.1 Å². The van der Waals surface area contributed by atoms with E-state index in [2.05, 4.69) is 5.32 Å². The van der Waals surface area contributed by atoms with Crippen LogP contribution in [-0.4, -0.2) is 51.4 Å². The molecule has 5 rings (SSSR count). The molecule has 2 amide bonds. The first kappa shape index (κ1) is 35.7. The molecule has 0 bridgehead atoms. The summed E-state index contributed by atoms with van der Waals surface area (Å²) in [5.74, 6) is 0.842. The Morgan fingerprint density at radius 3 is 1.94 bits per heavy atom. The van der Waals surface area contributed by atoms with E-state index in [9.17, 15) is 18.0 Å². The number of carbonyl (C=O) groups is 2. The first-order valence-electron chi connectivity index (χ1n) is 16.4. The third kappa shape index (κ3) is 9.29. The minimum Gasteiger partial charge on any atom is -0.497 e. The first-order chi connectivity index (χ1) is 24.3. The van der Waals surface area contributed by atoms with Crippen molar-refractivity contribution in [2.45, 2.75) is 37.2 Å². The van der Waals surface area contributed by atoms with Crippen LogP contribution in [0.1, 0.15) is 24.5 Å². The van der Waals surface area contributed by atoms with Gasteiger partial charge in [0.05, 0.1) is 17.7 Å². The van der Waals surface area contributed by atoms with Gasteiger partial charge in [-0.3, -0.25) is 13.9 Å². The van der Waals surface area contributed by atoms with Crippen molar-refractivity contribution >= 4 is 27.5 Å². The lowest BCUT2D eigenvalue weighted by Crippen LogP contribution is -2.53. The van der Waals surface area contributed by atoms with Crippen LogP contribution in [0.5, 0.6) is 17.2 Å². The van der Waals surface area contributed by atoms with Crippen LogP contribution in [0.3, 0.4) is 0 Å². The van der Waals surface area contributed by atoms with Crippen LogP contribution >= 0.6 is 0 Å². The number of hydrogen-bond donors (Lipinski definition) is 1. The molecule has 0 aliphatic rings. The topological polar surface area (TPSA) is 105 Å². The maximum absolute atomic E-state index is 14.7. The summed E-state index contributed by atoms with van der Waals surface area (Å²) in [7, 11) is -2.68. The van der Waals surface area contributed by atoms with E-state index in [-0.39, 0.29) is 29.5 Å². The molecule has 1 atom stereocenters. The fourth-order valence-corrected chi connectivity index (χ4v) is 6.88. The maximum Gasteiger partial charge on any atom is 0.264 e. The van der Waals surface area contributed by atoms with E-state index in [0.717, 1.165) is 15.4 Å². The van der Waals surface area contributed by atoms with Crippen LogP contribution in [-0.2, 0) is 32.6 Å². The number of ether oxygens (including phenoxy) is 2. The molecule has 50 heavy (non-hydrogen) atoms. The highest BCUT2D eigenvalue weighted by molar-refractivity contribution is 7.92. The summed E-state index contributed by atoms with van der Waals surface area (Å²) in [6, 6.07) is 39.5. The fourth-order valence-electron chi connectivity index (χ4n) is 5.44. The number of rotatable bonds is 16. The van der Waals surface area contributed by atoms with Gasteiger partial charge in [0.2, 0.25) is 11.8 Å². The predicted molar refractivity (Wildman–Crippen MR) is 195 cm³/mol. The summed E-state index contributed by atoms with van der Waals surface area (Å²) < 4.78 is 41.0. The van der Waals surface area contributed by atoms with E-state index in [1.165, 1.54) is 17.0 Å². The minimum atomic E-state index is -4.23. The van der Waals surface area contributed by atoms with Crippen LogP contribution in [0.25, 0.3) is 0 Å². The average Bonchev–Trinajstić information content (AvgIpc) is 3.15. The summed E-state index contributed by atoms with van der Waals surface area (Å²) in [6.07, 6.45) is 0.934. The SMILES string of the molecule is CCCNC(=O)C(Cc1ccccc1)N(Cc1cccc(OC)c1)C(=O)CN(c1ccc(Oc2ccccc2)cc1)S(=O)(=O)c1ccccc1. The second kappa shape index (κ2) is 17.2. The zero-order valence-electron chi connectivity index (χ0n) is 28.1. The van der Waals surface area contributed by atoms with Crippen LogP contribution in [0.4, 0.5) is 5.69 Å². The maximum atomic E-state index is 14.7. The zero-order chi connectivity index (χ0) is 35.3. The number of anilines is 1. The monoisotopic (exact) mass is 691 g/mol. The largest absolute Gasteiger partial charge is 0.497 e. The van der Waals surface area contributed by atoms with Crippen LogP contribution in [0.15, 0.2) is 144 Å². The first-order valence-corrected chi connectivity index (χ1v) is 17.9. The molecule has 0 heterocycles. The Bertz CT molecular complexity index is 1940. The van der Waals surface area contributed by atoms with E-state index >= 15 is 0 Å². The van der Waals surface area contributed by atoms with E-state index in [1.807, 2.05) is 79.7 Å². The van der Waals surface area contributed by atoms with Gasteiger partial charge in [-0.15, -0.1) is 0 Å². The quantitative estimate of drug-likeness (QED) is 0.121. The van der Waals surface area contributed by atoms with Gasteiger partial charge in [0.25, 0.3) is 10.0 Å². The van der Waals surface area contributed by atoms with Crippen molar-refractivity contribution in [2.24, 2.45) is 0 Å². The third-order valence-corrected chi connectivity index (χ3v) is 9.81. The lowest BCUT2D eigenvalue weighted by Gasteiger charge is -2.34. The summed E-state index contributed by atoms with van der Waals surface area (Å²) in [4.78, 5) is 30.0. The van der Waals surface area contributed by atoms with Gasteiger partial charge in [-0.25, -0.2) is 8.42 Å². The molecule has 1 N–H and O–H groups in total. The Hall–Kier alpha value is -5.61. The van der Waals surface area contributed by atoms with E-state index in [4.69, 9.17) is 9.47 Å². The number of para-hydroxylation sites is 1.